The van der Waals surface area contributed by atoms with Gasteiger partial charge in [0.1, 0.15) is 5.75 Å². The number of ether oxygens (including phenoxy) is 1. The molecule has 0 aliphatic rings. The summed E-state index contributed by atoms with van der Waals surface area (Å²) in [5, 5.41) is 4.40. The number of pyridine rings is 1. The molecule has 0 saturated carbocycles. The summed E-state index contributed by atoms with van der Waals surface area (Å²) in [7, 11) is 0. The van der Waals surface area contributed by atoms with Crippen molar-refractivity contribution in [2.24, 2.45) is 0 Å². The molecule has 4 aromatic carbocycles. The van der Waals surface area contributed by atoms with Gasteiger partial charge in [-0.1, -0.05) is 48.5 Å². The van der Waals surface area contributed by atoms with Gasteiger partial charge in [-0.15, -0.1) is 0 Å². The van der Waals surface area contributed by atoms with Crippen molar-refractivity contribution in [3.05, 3.63) is 96.8 Å². The lowest BCUT2D eigenvalue weighted by Crippen LogP contribution is -2.08. The van der Waals surface area contributed by atoms with Crippen LogP contribution in [0, 0.1) is 0 Å². The predicted molar refractivity (Wildman–Crippen MR) is 121 cm³/mol. The molecular formula is C26H15N3O2. The highest BCUT2D eigenvalue weighted by Gasteiger charge is 2.13. The van der Waals surface area contributed by atoms with Crippen LogP contribution in [0.5, 0.6) is 5.75 Å². The van der Waals surface area contributed by atoms with Crippen LogP contribution in [0.15, 0.2) is 91.3 Å². The molecule has 0 fully saturated rings. The lowest BCUT2D eigenvalue weighted by Gasteiger charge is -2.10. The van der Waals surface area contributed by atoms with E-state index < -0.39 is 5.97 Å². The maximum atomic E-state index is 12.4. The van der Waals surface area contributed by atoms with E-state index in [2.05, 4.69) is 29.2 Å². The number of fused-ring (bicyclic) bond motifs is 7. The lowest BCUT2D eigenvalue weighted by atomic mass is 9.99. The fraction of sp³-hybridized carbons (Fsp3) is 0. The van der Waals surface area contributed by atoms with Crippen molar-refractivity contribution in [2.75, 3.05) is 0 Å². The Labute approximate surface area is 177 Å². The van der Waals surface area contributed by atoms with Crippen molar-refractivity contribution < 1.29 is 9.53 Å². The zero-order valence-corrected chi connectivity index (χ0v) is 16.3. The summed E-state index contributed by atoms with van der Waals surface area (Å²) < 4.78 is 5.53. The van der Waals surface area contributed by atoms with Crippen LogP contribution < -0.4 is 4.74 Å². The summed E-state index contributed by atoms with van der Waals surface area (Å²) in [5.74, 6) is -0.0438. The highest BCUT2D eigenvalue weighted by molar-refractivity contribution is 6.23. The number of carbonyl (C=O) groups is 1. The average Bonchev–Trinajstić information content (AvgIpc) is 2.84. The molecule has 6 rings (SSSR count). The van der Waals surface area contributed by atoms with Gasteiger partial charge in [-0.25, -0.2) is 14.8 Å². The van der Waals surface area contributed by atoms with E-state index in [0.717, 1.165) is 38.1 Å². The molecule has 6 aromatic rings. The fourth-order valence-electron chi connectivity index (χ4n) is 3.97. The molecule has 0 N–H and O–H groups in total. The first-order valence-electron chi connectivity index (χ1n) is 9.91. The van der Waals surface area contributed by atoms with Gasteiger partial charge >= 0.3 is 5.97 Å². The number of nitrogens with zero attached hydrogens (tertiary/aromatic N) is 3. The zero-order chi connectivity index (χ0) is 20.8. The molecule has 0 aliphatic heterocycles. The van der Waals surface area contributed by atoms with E-state index in [4.69, 9.17) is 14.7 Å². The van der Waals surface area contributed by atoms with Gasteiger partial charge in [-0.3, -0.25) is 4.98 Å². The highest BCUT2D eigenvalue weighted by Crippen LogP contribution is 2.34. The number of hydrogen-bond acceptors (Lipinski definition) is 5. The predicted octanol–water partition coefficient (Wildman–Crippen LogP) is 5.70. The summed E-state index contributed by atoms with van der Waals surface area (Å²) in [6.07, 6.45) is 3.09. The van der Waals surface area contributed by atoms with Gasteiger partial charge in [-0.05, 0) is 35.0 Å². The third-order valence-electron chi connectivity index (χ3n) is 5.40. The molecule has 0 radical (unpaired) electrons. The smallest absolute Gasteiger partial charge is 0.345 e. The molecule has 0 atom stereocenters. The Bertz CT molecular complexity index is 1630. The molecular weight excluding hydrogens is 386 g/mol. The summed E-state index contributed by atoms with van der Waals surface area (Å²) in [5.41, 5.74) is 3.50. The SMILES string of the molecule is O=C(Oc1ccc2nc3c4ccccc4c4ccccc4c3nc2c1)c1cccnc1. The minimum atomic E-state index is -0.461. The summed E-state index contributed by atoms with van der Waals surface area (Å²) in [6.45, 7) is 0. The van der Waals surface area contributed by atoms with Crippen LogP contribution in [0.3, 0.4) is 0 Å². The molecule has 0 spiro atoms. The second-order valence-corrected chi connectivity index (χ2v) is 7.29. The first kappa shape index (κ1) is 17.5. The average molecular weight is 401 g/mol. The normalized spacial score (nSPS) is 11.4. The van der Waals surface area contributed by atoms with E-state index in [-0.39, 0.29) is 0 Å². The summed E-state index contributed by atoms with van der Waals surface area (Å²) in [4.78, 5) is 26.2. The molecule has 0 bridgehead atoms. The first-order chi connectivity index (χ1) is 15.3. The molecule has 0 unspecified atom stereocenters. The van der Waals surface area contributed by atoms with Crippen LogP contribution in [0.1, 0.15) is 10.4 Å². The van der Waals surface area contributed by atoms with E-state index in [0.29, 0.717) is 16.8 Å². The van der Waals surface area contributed by atoms with Crippen molar-refractivity contribution in [3.63, 3.8) is 0 Å². The third kappa shape index (κ3) is 2.87. The Morgan fingerprint density at radius 1 is 0.677 bits per heavy atom. The van der Waals surface area contributed by atoms with Crippen LogP contribution in [-0.4, -0.2) is 20.9 Å². The monoisotopic (exact) mass is 401 g/mol. The van der Waals surface area contributed by atoms with Gasteiger partial charge in [0.05, 0.1) is 27.6 Å². The largest absolute Gasteiger partial charge is 0.423 e. The number of esters is 1. The molecule has 0 aliphatic carbocycles. The Morgan fingerprint density at radius 2 is 1.32 bits per heavy atom. The van der Waals surface area contributed by atoms with Crippen LogP contribution in [-0.2, 0) is 0 Å². The van der Waals surface area contributed by atoms with Crippen LogP contribution in [0.2, 0.25) is 0 Å². The second kappa shape index (κ2) is 6.85. The fourth-order valence-corrected chi connectivity index (χ4v) is 3.97. The zero-order valence-electron chi connectivity index (χ0n) is 16.3. The molecule has 146 valence electrons. The van der Waals surface area contributed by atoms with Crippen molar-refractivity contribution in [1.82, 2.24) is 15.0 Å². The Morgan fingerprint density at radius 3 is 1.97 bits per heavy atom. The second-order valence-electron chi connectivity index (χ2n) is 7.29. The molecule has 5 heteroatoms. The van der Waals surface area contributed by atoms with E-state index >= 15 is 0 Å². The molecule has 2 aromatic heterocycles. The summed E-state index contributed by atoms with van der Waals surface area (Å²) in [6, 6.07) is 25.1. The van der Waals surface area contributed by atoms with E-state index in [9.17, 15) is 4.79 Å². The molecule has 2 heterocycles. The van der Waals surface area contributed by atoms with Gasteiger partial charge in [0.2, 0.25) is 0 Å². The Kier molecular flexibility index (Phi) is 3.86. The van der Waals surface area contributed by atoms with Gasteiger partial charge in [0.25, 0.3) is 0 Å². The standard InChI is InChI=1S/C26H15N3O2/c30-26(16-6-5-13-27-15-16)31-17-11-12-22-23(14-17)29-25-21-10-4-2-8-19(21)18-7-1-3-9-20(18)24(25)28-22/h1-15H. The topological polar surface area (TPSA) is 65.0 Å². The van der Waals surface area contributed by atoms with E-state index in [1.807, 2.05) is 30.3 Å². The Balaban J connectivity index is 1.56. The van der Waals surface area contributed by atoms with Crippen molar-refractivity contribution >= 4 is 49.6 Å². The van der Waals surface area contributed by atoms with Gasteiger partial charge in [0.15, 0.2) is 0 Å². The van der Waals surface area contributed by atoms with Gasteiger partial charge in [-0.2, -0.15) is 0 Å². The lowest BCUT2D eigenvalue weighted by molar-refractivity contribution is 0.0734. The first-order valence-corrected chi connectivity index (χ1v) is 9.91. The van der Waals surface area contributed by atoms with Crippen LogP contribution in [0.25, 0.3) is 43.6 Å². The summed E-state index contributed by atoms with van der Waals surface area (Å²) >= 11 is 0. The van der Waals surface area contributed by atoms with Gasteiger partial charge < -0.3 is 4.74 Å². The molecule has 0 saturated heterocycles. The number of benzene rings is 4. The minimum absolute atomic E-state index is 0.393. The van der Waals surface area contributed by atoms with Crippen molar-refractivity contribution in [1.29, 1.82) is 0 Å². The van der Waals surface area contributed by atoms with Crippen LogP contribution >= 0.6 is 0 Å². The van der Waals surface area contributed by atoms with E-state index in [1.54, 1.807) is 30.5 Å². The minimum Gasteiger partial charge on any atom is -0.423 e. The number of aromatic nitrogens is 3. The maximum absolute atomic E-state index is 12.4. The number of hydrogen-bond donors (Lipinski definition) is 0. The Hall–Kier alpha value is -4.38. The van der Waals surface area contributed by atoms with Crippen molar-refractivity contribution in [2.45, 2.75) is 0 Å². The number of rotatable bonds is 2. The molecule has 5 nitrogen and oxygen atoms in total. The highest BCUT2D eigenvalue weighted by atomic mass is 16.5. The maximum Gasteiger partial charge on any atom is 0.345 e. The van der Waals surface area contributed by atoms with Crippen molar-refractivity contribution in [3.8, 4) is 5.75 Å². The quantitative estimate of drug-likeness (QED) is 0.161. The molecule has 0 amide bonds. The van der Waals surface area contributed by atoms with E-state index in [1.165, 1.54) is 6.20 Å². The van der Waals surface area contributed by atoms with Crippen LogP contribution in [0.4, 0.5) is 0 Å². The van der Waals surface area contributed by atoms with Gasteiger partial charge in [0, 0.05) is 29.2 Å². The number of carbonyl (C=O) groups excluding carboxylic acids is 1. The molecule has 31 heavy (non-hydrogen) atoms. The third-order valence-corrected chi connectivity index (χ3v) is 5.40.